The molecule has 1 aromatic heterocycles. The van der Waals surface area contributed by atoms with E-state index in [0.29, 0.717) is 28.8 Å². The van der Waals surface area contributed by atoms with E-state index < -0.39 is 0 Å². The molecule has 0 amide bonds. The van der Waals surface area contributed by atoms with Gasteiger partial charge in [-0.15, -0.1) is 0 Å². The molecule has 0 bridgehead atoms. The summed E-state index contributed by atoms with van der Waals surface area (Å²) in [5, 5.41) is 3.15. The Hall–Kier alpha value is -2.63. The summed E-state index contributed by atoms with van der Waals surface area (Å²) in [4.78, 5) is 4.18. The van der Waals surface area contributed by atoms with Crippen LogP contribution < -0.4 is 25.3 Å². The van der Waals surface area contributed by atoms with Gasteiger partial charge >= 0.3 is 0 Å². The highest BCUT2D eigenvalue weighted by atomic mass is 16.5. The number of hydrogen-bond acceptors (Lipinski definition) is 6. The van der Waals surface area contributed by atoms with Crippen molar-refractivity contribution in [1.82, 2.24) is 4.98 Å². The van der Waals surface area contributed by atoms with Gasteiger partial charge in [-0.25, -0.2) is 4.98 Å². The molecule has 2 rings (SSSR count). The lowest BCUT2D eigenvalue weighted by Crippen LogP contribution is -1.99. The van der Waals surface area contributed by atoms with E-state index in [9.17, 15) is 0 Å². The SMILES string of the molecule is COc1cc(Nc2ccc(N)cn2)cc(OC)c1OC. The van der Waals surface area contributed by atoms with E-state index in [0.717, 1.165) is 5.69 Å². The molecule has 0 spiro atoms. The lowest BCUT2D eigenvalue weighted by Gasteiger charge is -2.14. The largest absolute Gasteiger partial charge is 0.493 e. The molecule has 0 fully saturated rings. The van der Waals surface area contributed by atoms with E-state index in [1.165, 1.54) is 0 Å². The van der Waals surface area contributed by atoms with Crippen molar-refractivity contribution >= 4 is 17.2 Å². The number of benzene rings is 1. The number of nitrogens with one attached hydrogen (secondary N) is 1. The van der Waals surface area contributed by atoms with Crippen molar-refractivity contribution < 1.29 is 14.2 Å². The minimum atomic E-state index is 0.547. The number of methoxy groups -OCH3 is 3. The fourth-order valence-corrected chi connectivity index (χ4v) is 1.78. The van der Waals surface area contributed by atoms with Crippen LogP contribution in [0.5, 0.6) is 17.2 Å². The molecule has 0 aliphatic heterocycles. The van der Waals surface area contributed by atoms with E-state index in [1.807, 2.05) is 0 Å². The molecule has 3 N–H and O–H groups in total. The molecule has 0 radical (unpaired) electrons. The first-order valence-electron chi connectivity index (χ1n) is 5.96. The summed E-state index contributed by atoms with van der Waals surface area (Å²) in [5.41, 5.74) is 6.99. The van der Waals surface area contributed by atoms with Crippen molar-refractivity contribution in [2.45, 2.75) is 0 Å². The van der Waals surface area contributed by atoms with Gasteiger partial charge in [0.1, 0.15) is 5.82 Å². The van der Waals surface area contributed by atoms with Crippen LogP contribution in [0.2, 0.25) is 0 Å². The maximum Gasteiger partial charge on any atom is 0.203 e. The van der Waals surface area contributed by atoms with Crippen molar-refractivity contribution in [2.75, 3.05) is 32.4 Å². The quantitative estimate of drug-likeness (QED) is 0.872. The summed E-state index contributed by atoms with van der Waals surface area (Å²) >= 11 is 0. The van der Waals surface area contributed by atoms with E-state index >= 15 is 0 Å². The molecule has 0 saturated heterocycles. The van der Waals surface area contributed by atoms with E-state index in [4.69, 9.17) is 19.9 Å². The van der Waals surface area contributed by atoms with Crippen LogP contribution >= 0.6 is 0 Å². The topological polar surface area (TPSA) is 78.6 Å². The van der Waals surface area contributed by atoms with Crippen LogP contribution in [0.25, 0.3) is 0 Å². The van der Waals surface area contributed by atoms with Crippen LogP contribution in [-0.2, 0) is 0 Å². The maximum atomic E-state index is 5.60. The summed E-state index contributed by atoms with van der Waals surface area (Å²) in [6.45, 7) is 0. The van der Waals surface area contributed by atoms with Crippen LogP contribution in [-0.4, -0.2) is 26.3 Å². The molecule has 0 saturated carbocycles. The predicted octanol–water partition coefficient (Wildman–Crippen LogP) is 2.43. The van der Waals surface area contributed by atoms with Crippen molar-refractivity contribution in [3.8, 4) is 17.2 Å². The Kier molecular flexibility index (Phi) is 4.14. The Morgan fingerprint density at radius 1 is 1.00 bits per heavy atom. The van der Waals surface area contributed by atoms with Gasteiger partial charge in [-0.05, 0) is 12.1 Å². The summed E-state index contributed by atoms with van der Waals surface area (Å²) in [6.07, 6.45) is 1.58. The first-order chi connectivity index (χ1) is 9.67. The van der Waals surface area contributed by atoms with Crippen LogP contribution in [0.15, 0.2) is 30.5 Å². The van der Waals surface area contributed by atoms with Gasteiger partial charge in [0, 0.05) is 17.8 Å². The van der Waals surface area contributed by atoms with Gasteiger partial charge in [0.05, 0.1) is 33.2 Å². The molecule has 6 heteroatoms. The van der Waals surface area contributed by atoms with Crippen LogP contribution in [0.3, 0.4) is 0 Å². The third-order valence-electron chi connectivity index (χ3n) is 2.72. The van der Waals surface area contributed by atoms with Gasteiger partial charge in [0.2, 0.25) is 5.75 Å². The van der Waals surface area contributed by atoms with Crippen molar-refractivity contribution in [1.29, 1.82) is 0 Å². The number of aromatic nitrogens is 1. The minimum Gasteiger partial charge on any atom is -0.493 e. The summed E-state index contributed by atoms with van der Waals surface area (Å²) in [5.74, 6) is 2.37. The predicted molar refractivity (Wildman–Crippen MR) is 78.0 cm³/mol. The Morgan fingerprint density at radius 3 is 2.10 bits per heavy atom. The zero-order valence-corrected chi connectivity index (χ0v) is 11.6. The highest BCUT2D eigenvalue weighted by Crippen LogP contribution is 2.40. The maximum absolute atomic E-state index is 5.60. The highest BCUT2D eigenvalue weighted by molar-refractivity contribution is 5.66. The fraction of sp³-hybridized carbons (Fsp3) is 0.214. The fourth-order valence-electron chi connectivity index (χ4n) is 1.78. The Morgan fingerprint density at radius 2 is 1.65 bits per heavy atom. The number of pyridine rings is 1. The molecule has 6 nitrogen and oxygen atoms in total. The van der Waals surface area contributed by atoms with Gasteiger partial charge in [-0.3, -0.25) is 0 Å². The molecular formula is C14H17N3O3. The Balaban J connectivity index is 2.34. The average Bonchev–Trinajstić information content (AvgIpc) is 2.48. The second kappa shape index (κ2) is 6.01. The minimum absolute atomic E-state index is 0.547. The van der Waals surface area contributed by atoms with E-state index in [2.05, 4.69) is 10.3 Å². The van der Waals surface area contributed by atoms with Crippen molar-refractivity contribution in [2.24, 2.45) is 0 Å². The summed E-state index contributed by atoms with van der Waals surface area (Å²) < 4.78 is 15.9. The van der Waals surface area contributed by atoms with Gasteiger partial charge in [0.15, 0.2) is 11.5 Å². The number of rotatable bonds is 5. The number of anilines is 3. The number of ether oxygens (including phenoxy) is 3. The zero-order valence-electron chi connectivity index (χ0n) is 11.6. The molecule has 0 aliphatic carbocycles. The second-order valence-corrected chi connectivity index (χ2v) is 4.02. The lowest BCUT2D eigenvalue weighted by atomic mass is 10.2. The molecule has 20 heavy (non-hydrogen) atoms. The molecule has 106 valence electrons. The Bertz CT molecular complexity index is 560. The normalized spacial score (nSPS) is 9.95. The van der Waals surface area contributed by atoms with Gasteiger partial charge in [-0.2, -0.15) is 0 Å². The van der Waals surface area contributed by atoms with Crippen LogP contribution in [0.1, 0.15) is 0 Å². The first kappa shape index (κ1) is 13.8. The number of hydrogen-bond donors (Lipinski definition) is 2. The Labute approximate surface area is 117 Å². The van der Waals surface area contributed by atoms with Gasteiger partial charge < -0.3 is 25.3 Å². The second-order valence-electron chi connectivity index (χ2n) is 4.02. The third kappa shape index (κ3) is 2.85. The van der Waals surface area contributed by atoms with Gasteiger partial charge in [0.25, 0.3) is 0 Å². The van der Waals surface area contributed by atoms with Crippen LogP contribution in [0.4, 0.5) is 17.2 Å². The smallest absolute Gasteiger partial charge is 0.203 e. The third-order valence-corrected chi connectivity index (χ3v) is 2.72. The van der Waals surface area contributed by atoms with Crippen LogP contribution in [0, 0.1) is 0 Å². The monoisotopic (exact) mass is 275 g/mol. The molecule has 0 unspecified atom stereocenters. The highest BCUT2D eigenvalue weighted by Gasteiger charge is 2.13. The summed E-state index contributed by atoms with van der Waals surface area (Å²) in [7, 11) is 4.71. The number of nitrogens with zero attached hydrogens (tertiary/aromatic N) is 1. The molecule has 0 aliphatic rings. The molecule has 0 atom stereocenters. The standard InChI is InChI=1S/C14H17N3O3/c1-18-11-6-10(7-12(19-2)14(11)20-3)17-13-5-4-9(15)8-16-13/h4-8H,15H2,1-3H3,(H,16,17). The number of nitrogen functional groups attached to an aromatic ring is 1. The van der Waals surface area contributed by atoms with E-state index in [1.54, 1.807) is 51.8 Å². The van der Waals surface area contributed by atoms with E-state index in [-0.39, 0.29) is 0 Å². The zero-order chi connectivity index (χ0) is 14.5. The first-order valence-corrected chi connectivity index (χ1v) is 5.96. The summed E-state index contributed by atoms with van der Waals surface area (Å²) in [6, 6.07) is 7.17. The molecule has 2 aromatic rings. The molecule has 1 heterocycles. The lowest BCUT2D eigenvalue weighted by molar-refractivity contribution is 0.324. The van der Waals surface area contributed by atoms with Gasteiger partial charge in [-0.1, -0.05) is 0 Å². The van der Waals surface area contributed by atoms with Crippen molar-refractivity contribution in [3.63, 3.8) is 0 Å². The molecule has 1 aromatic carbocycles. The van der Waals surface area contributed by atoms with Crippen molar-refractivity contribution in [3.05, 3.63) is 30.5 Å². The number of nitrogens with two attached hydrogens (primary N) is 1. The molecular weight excluding hydrogens is 258 g/mol. The average molecular weight is 275 g/mol.